The van der Waals surface area contributed by atoms with Gasteiger partial charge in [0.15, 0.2) is 0 Å². The second-order valence-electron chi connectivity index (χ2n) is 4.82. The van der Waals surface area contributed by atoms with Crippen LogP contribution in [0.2, 0.25) is 0 Å². The monoisotopic (exact) mass is 251 g/mol. The minimum Gasteiger partial charge on any atom is -0.389 e. The summed E-state index contributed by atoms with van der Waals surface area (Å²) in [5.74, 6) is 0. The van der Waals surface area contributed by atoms with Crippen molar-refractivity contribution in [3.05, 3.63) is 29.8 Å². The number of rotatable bonds is 8. The van der Waals surface area contributed by atoms with E-state index < -0.39 is 6.10 Å². The van der Waals surface area contributed by atoms with Crippen molar-refractivity contribution >= 4 is 5.69 Å². The van der Waals surface area contributed by atoms with E-state index >= 15 is 0 Å². The van der Waals surface area contributed by atoms with E-state index in [4.69, 9.17) is 4.74 Å². The van der Waals surface area contributed by atoms with Gasteiger partial charge in [-0.15, -0.1) is 0 Å². The van der Waals surface area contributed by atoms with Gasteiger partial charge in [0.1, 0.15) is 0 Å². The molecule has 1 aromatic rings. The first-order valence-electron chi connectivity index (χ1n) is 6.75. The first-order valence-corrected chi connectivity index (χ1v) is 6.75. The van der Waals surface area contributed by atoms with Crippen LogP contribution < -0.4 is 5.32 Å². The molecule has 0 aliphatic rings. The molecule has 0 saturated carbocycles. The molecule has 0 fully saturated rings. The van der Waals surface area contributed by atoms with Crippen LogP contribution in [-0.4, -0.2) is 30.5 Å². The molecule has 1 unspecified atom stereocenters. The van der Waals surface area contributed by atoms with Crippen molar-refractivity contribution in [2.75, 3.05) is 18.5 Å². The molecular formula is C15H25NO2. The van der Waals surface area contributed by atoms with Gasteiger partial charge in [-0.05, 0) is 31.9 Å². The highest BCUT2D eigenvalue weighted by Crippen LogP contribution is 2.16. The van der Waals surface area contributed by atoms with E-state index in [1.165, 1.54) is 5.56 Å². The van der Waals surface area contributed by atoms with E-state index in [0.717, 1.165) is 18.5 Å². The predicted molar refractivity (Wildman–Crippen MR) is 76.0 cm³/mol. The number of aliphatic hydroxyl groups excluding tert-OH is 1. The van der Waals surface area contributed by atoms with Crippen LogP contribution in [0.25, 0.3) is 0 Å². The Bertz CT molecular complexity index is 339. The zero-order valence-corrected chi connectivity index (χ0v) is 11.6. The summed E-state index contributed by atoms with van der Waals surface area (Å²) in [5, 5.41) is 13.1. The Balaban J connectivity index is 2.42. The standard InChI is InChI=1S/C15H25NO2/c1-4-7-13-8-5-6-9-15(13)16-10-14(17)11-18-12(2)3/h5-6,8-9,12,14,16-17H,4,7,10-11H2,1-3H3. The third-order valence-electron chi connectivity index (χ3n) is 2.69. The summed E-state index contributed by atoms with van der Waals surface area (Å²) in [6.45, 7) is 7.00. The van der Waals surface area contributed by atoms with Gasteiger partial charge >= 0.3 is 0 Å². The van der Waals surface area contributed by atoms with E-state index in [1.807, 2.05) is 19.9 Å². The highest BCUT2D eigenvalue weighted by molar-refractivity contribution is 5.51. The van der Waals surface area contributed by atoms with Gasteiger partial charge < -0.3 is 15.2 Å². The van der Waals surface area contributed by atoms with E-state index in [-0.39, 0.29) is 6.10 Å². The van der Waals surface area contributed by atoms with Gasteiger partial charge in [0.05, 0.1) is 18.8 Å². The molecule has 0 radical (unpaired) electrons. The number of benzene rings is 1. The zero-order chi connectivity index (χ0) is 13.4. The lowest BCUT2D eigenvalue weighted by Gasteiger charge is -2.16. The lowest BCUT2D eigenvalue weighted by molar-refractivity contribution is 0.0112. The first-order chi connectivity index (χ1) is 8.63. The summed E-state index contributed by atoms with van der Waals surface area (Å²) in [4.78, 5) is 0. The topological polar surface area (TPSA) is 41.5 Å². The van der Waals surface area contributed by atoms with Gasteiger partial charge in [0, 0.05) is 12.2 Å². The predicted octanol–water partition coefficient (Wildman–Crippen LogP) is 2.84. The maximum absolute atomic E-state index is 9.79. The normalized spacial score (nSPS) is 12.7. The van der Waals surface area contributed by atoms with Crippen LogP contribution in [-0.2, 0) is 11.2 Å². The number of nitrogens with one attached hydrogen (secondary N) is 1. The lowest BCUT2D eigenvalue weighted by atomic mass is 10.1. The van der Waals surface area contributed by atoms with Crippen molar-refractivity contribution in [3.8, 4) is 0 Å². The number of anilines is 1. The molecular weight excluding hydrogens is 226 g/mol. The Morgan fingerprint density at radius 3 is 2.67 bits per heavy atom. The lowest BCUT2D eigenvalue weighted by Crippen LogP contribution is -2.26. The fourth-order valence-electron chi connectivity index (χ4n) is 1.77. The molecule has 0 aliphatic carbocycles. The smallest absolute Gasteiger partial charge is 0.0945 e. The molecule has 0 aromatic heterocycles. The molecule has 2 N–H and O–H groups in total. The summed E-state index contributed by atoms with van der Waals surface area (Å²) in [5.41, 5.74) is 2.42. The van der Waals surface area contributed by atoms with E-state index in [0.29, 0.717) is 13.2 Å². The van der Waals surface area contributed by atoms with Crippen LogP contribution in [0.1, 0.15) is 32.8 Å². The second-order valence-corrected chi connectivity index (χ2v) is 4.82. The molecule has 0 bridgehead atoms. The Kier molecular flexibility index (Phi) is 6.76. The second kappa shape index (κ2) is 8.11. The zero-order valence-electron chi connectivity index (χ0n) is 11.6. The number of aliphatic hydroxyl groups is 1. The van der Waals surface area contributed by atoms with Crippen molar-refractivity contribution < 1.29 is 9.84 Å². The summed E-state index contributed by atoms with van der Waals surface area (Å²) in [7, 11) is 0. The third kappa shape index (κ3) is 5.52. The van der Waals surface area contributed by atoms with Crippen LogP contribution in [0.3, 0.4) is 0 Å². The van der Waals surface area contributed by atoms with Crippen molar-refractivity contribution in [3.63, 3.8) is 0 Å². The molecule has 3 heteroatoms. The average Bonchev–Trinajstić information content (AvgIpc) is 2.35. The molecule has 3 nitrogen and oxygen atoms in total. The quantitative estimate of drug-likeness (QED) is 0.746. The minimum absolute atomic E-state index is 0.159. The molecule has 1 rings (SSSR count). The van der Waals surface area contributed by atoms with Crippen molar-refractivity contribution in [1.82, 2.24) is 0 Å². The molecule has 0 amide bonds. The van der Waals surface area contributed by atoms with Crippen LogP contribution in [0.4, 0.5) is 5.69 Å². The van der Waals surface area contributed by atoms with Gasteiger partial charge in [0.2, 0.25) is 0 Å². The van der Waals surface area contributed by atoms with Gasteiger partial charge in [-0.1, -0.05) is 31.5 Å². The maximum Gasteiger partial charge on any atom is 0.0945 e. The van der Waals surface area contributed by atoms with Crippen LogP contribution in [0, 0.1) is 0 Å². The van der Waals surface area contributed by atoms with E-state index in [1.54, 1.807) is 0 Å². The number of ether oxygens (including phenoxy) is 1. The van der Waals surface area contributed by atoms with Crippen molar-refractivity contribution in [1.29, 1.82) is 0 Å². The number of hydrogen-bond acceptors (Lipinski definition) is 3. The minimum atomic E-state index is -0.470. The first kappa shape index (κ1) is 15.0. The third-order valence-corrected chi connectivity index (χ3v) is 2.69. The highest BCUT2D eigenvalue weighted by Gasteiger charge is 2.07. The molecule has 1 aromatic carbocycles. The Morgan fingerprint density at radius 2 is 2.00 bits per heavy atom. The summed E-state index contributed by atoms with van der Waals surface area (Å²) >= 11 is 0. The van der Waals surface area contributed by atoms with Crippen molar-refractivity contribution in [2.24, 2.45) is 0 Å². The SMILES string of the molecule is CCCc1ccccc1NCC(O)COC(C)C. The number of aryl methyl sites for hydroxylation is 1. The Morgan fingerprint density at radius 1 is 1.28 bits per heavy atom. The summed E-state index contributed by atoms with van der Waals surface area (Å²) < 4.78 is 5.38. The maximum atomic E-state index is 9.79. The van der Waals surface area contributed by atoms with Gasteiger partial charge in [-0.2, -0.15) is 0 Å². The number of para-hydroxylation sites is 1. The van der Waals surface area contributed by atoms with Crippen LogP contribution >= 0.6 is 0 Å². The van der Waals surface area contributed by atoms with Crippen LogP contribution in [0.15, 0.2) is 24.3 Å². The van der Waals surface area contributed by atoms with Gasteiger partial charge in [0.25, 0.3) is 0 Å². The van der Waals surface area contributed by atoms with E-state index in [9.17, 15) is 5.11 Å². The Hall–Kier alpha value is -1.06. The molecule has 1 atom stereocenters. The summed E-state index contributed by atoms with van der Waals surface area (Å²) in [6.07, 6.45) is 1.87. The van der Waals surface area contributed by atoms with E-state index in [2.05, 4.69) is 30.4 Å². The summed E-state index contributed by atoms with van der Waals surface area (Å²) in [6, 6.07) is 8.25. The molecule has 0 aliphatic heterocycles. The molecule has 18 heavy (non-hydrogen) atoms. The fraction of sp³-hybridized carbons (Fsp3) is 0.600. The number of hydrogen-bond donors (Lipinski definition) is 2. The molecule has 102 valence electrons. The highest BCUT2D eigenvalue weighted by atomic mass is 16.5. The molecule has 0 heterocycles. The average molecular weight is 251 g/mol. The van der Waals surface area contributed by atoms with Gasteiger partial charge in [-0.25, -0.2) is 0 Å². The largest absolute Gasteiger partial charge is 0.389 e. The molecule has 0 spiro atoms. The molecule has 0 saturated heterocycles. The Labute approximate surface area is 110 Å². The fourth-order valence-corrected chi connectivity index (χ4v) is 1.77. The van der Waals surface area contributed by atoms with Crippen LogP contribution in [0.5, 0.6) is 0 Å². The van der Waals surface area contributed by atoms with Gasteiger partial charge in [-0.3, -0.25) is 0 Å². The van der Waals surface area contributed by atoms with Crippen molar-refractivity contribution in [2.45, 2.75) is 45.8 Å².